The first-order chi connectivity index (χ1) is 9.50. The average molecular weight is 295 g/mol. The van der Waals surface area contributed by atoms with Crippen LogP contribution in [0.2, 0.25) is 5.02 Å². The molecule has 0 aromatic heterocycles. The number of benzene rings is 1. The molecule has 1 fully saturated rings. The number of halogens is 1. The van der Waals surface area contributed by atoms with Gasteiger partial charge in [0.1, 0.15) is 0 Å². The predicted octanol–water partition coefficient (Wildman–Crippen LogP) is 3.86. The number of nitrogens with zero attached hydrogens (tertiary/aromatic N) is 1. The Bertz CT molecular complexity index is 406. The van der Waals surface area contributed by atoms with Crippen molar-refractivity contribution in [1.29, 1.82) is 0 Å². The van der Waals surface area contributed by atoms with Gasteiger partial charge in [0.2, 0.25) is 0 Å². The summed E-state index contributed by atoms with van der Waals surface area (Å²) in [6.45, 7) is 6.94. The van der Waals surface area contributed by atoms with Crippen molar-refractivity contribution in [3.05, 3.63) is 34.9 Å². The molecule has 1 aliphatic heterocycles. The topological polar surface area (TPSA) is 29.3 Å². The minimum absolute atomic E-state index is 0.0456. The second-order valence-corrected chi connectivity index (χ2v) is 6.93. The summed E-state index contributed by atoms with van der Waals surface area (Å²) < 4.78 is 0. The molecule has 1 aromatic rings. The lowest BCUT2D eigenvalue weighted by atomic mass is 9.88. The van der Waals surface area contributed by atoms with Crippen molar-refractivity contribution >= 4 is 11.6 Å². The van der Waals surface area contributed by atoms with Crippen LogP contribution in [0.5, 0.6) is 0 Å². The lowest BCUT2D eigenvalue weighted by Gasteiger charge is -2.42. The van der Waals surface area contributed by atoms with Gasteiger partial charge in [-0.15, -0.1) is 0 Å². The summed E-state index contributed by atoms with van der Waals surface area (Å²) in [5, 5.41) is 0.786. The van der Waals surface area contributed by atoms with E-state index in [0.29, 0.717) is 0 Å². The van der Waals surface area contributed by atoms with Crippen LogP contribution >= 0.6 is 11.6 Å². The molecule has 1 atom stereocenters. The monoisotopic (exact) mass is 294 g/mol. The smallest absolute Gasteiger partial charge is 0.0406 e. The first-order valence-corrected chi connectivity index (χ1v) is 8.13. The van der Waals surface area contributed by atoms with Crippen molar-refractivity contribution in [1.82, 2.24) is 4.90 Å². The summed E-state index contributed by atoms with van der Waals surface area (Å²) in [5.41, 5.74) is 7.84. The van der Waals surface area contributed by atoms with Gasteiger partial charge < -0.3 is 5.73 Å². The van der Waals surface area contributed by atoms with Crippen molar-refractivity contribution in [2.75, 3.05) is 13.1 Å². The zero-order chi connectivity index (χ0) is 14.6. The lowest BCUT2D eigenvalue weighted by molar-refractivity contribution is 0.0979. The summed E-state index contributed by atoms with van der Waals surface area (Å²) in [6, 6.07) is 8.20. The predicted molar refractivity (Wildman–Crippen MR) is 87.3 cm³/mol. The van der Waals surface area contributed by atoms with E-state index in [1.807, 2.05) is 12.1 Å². The highest BCUT2D eigenvalue weighted by Gasteiger charge is 2.33. The molecule has 1 saturated heterocycles. The summed E-state index contributed by atoms with van der Waals surface area (Å²) >= 11 is 5.94. The molecule has 20 heavy (non-hydrogen) atoms. The molecule has 2 N–H and O–H groups in total. The van der Waals surface area contributed by atoms with Crippen molar-refractivity contribution in [2.24, 2.45) is 5.73 Å². The maximum absolute atomic E-state index is 6.53. The Morgan fingerprint density at radius 3 is 2.20 bits per heavy atom. The van der Waals surface area contributed by atoms with Crippen LogP contribution in [0.1, 0.15) is 45.1 Å². The van der Waals surface area contributed by atoms with Crippen LogP contribution in [-0.4, -0.2) is 29.6 Å². The molecule has 2 rings (SSSR count). The summed E-state index contributed by atoms with van der Waals surface area (Å²) in [6.07, 6.45) is 6.23. The van der Waals surface area contributed by atoms with E-state index in [2.05, 4.69) is 30.9 Å². The van der Waals surface area contributed by atoms with Crippen molar-refractivity contribution in [3.8, 4) is 0 Å². The van der Waals surface area contributed by atoms with Crippen LogP contribution in [-0.2, 0) is 6.42 Å². The second-order valence-electron chi connectivity index (χ2n) is 6.49. The summed E-state index contributed by atoms with van der Waals surface area (Å²) in [5.74, 6) is 0. The Hall–Kier alpha value is -0.570. The fraction of sp³-hybridized carbons (Fsp3) is 0.647. The van der Waals surface area contributed by atoms with E-state index in [1.165, 1.54) is 44.3 Å². The van der Waals surface area contributed by atoms with Crippen LogP contribution in [0, 0.1) is 0 Å². The van der Waals surface area contributed by atoms with Crippen LogP contribution in [0.25, 0.3) is 0 Å². The van der Waals surface area contributed by atoms with Gasteiger partial charge in [0.25, 0.3) is 0 Å². The maximum atomic E-state index is 6.53. The molecule has 112 valence electrons. The van der Waals surface area contributed by atoms with E-state index >= 15 is 0 Å². The standard InChI is InChI=1S/C17H27ClN2/c1-17(2,20-11-5-3-4-6-12-20)16(19)13-14-7-9-15(18)10-8-14/h7-10,16H,3-6,11-13,19H2,1-2H3. The molecule has 0 bridgehead atoms. The highest BCUT2D eigenvalue weighted by Crippen LogP contribution is 2.24. The van der Waals surface area contributed by atoms with E-state index in [9.17, 15) is 0 Å². The molecule has 1 unspecified atom stereocenters. The van der Waals surface area contributed by atoms with Gasteiger partial charge in [-0.1, -0.05) is 36.6 Å². The zero-order valence-corrected chi connectivity index (χ0v) is 13.5. The Labute approximate surface area is 128 Å². The zero-order valence-electron chi connectivity index (χ0n) is 12.7. The van der Waals surface area contributed by atoms with Crippen LogP contribution in [0.15, 0.2) is 24.3 Å². The van der Waals surface area contributed by atoms with Crippen LogP contribution in [0.3, 0.4) is 0 Å². The quantitative estimate of drug-likeness (QED) is 0.913. The minimum atomic E-state index is 0.0456. The fourth-order valence-electron chi connectivity index (χ4n) is 3.01. The highest BCUT2D eigenvalue weighted by molar-refractivity contribution is 6.30. The van der Waals surface area contributed by atoms with E-state index in [-0.39, 0.29) is 11.6 Å². The molecular weight excluding hydrogens is 268 g/mol. The normalized spacial score (nSPS) is 19.6. The van der Waals surface area contributed by atoms with Crippen molar-refractivity contribution in [3.63, 3.8) is 0 Å². The first-order valence-electron chi connectivity index (χ1n) is 7.75. The molecule has 0 spiro atoms. The van der Waals surface area contributed by atoms with Gasteiger partial charge >= 0.3 is 0 Å². The van der Waals surface area contributed by atoms with Crippen LogP contribution < -0.4 is 5.73 Å². The molecular formula is C17H27ClN2. The van der Waals surface area contributed by atoms with Gasteiger partial charge in [-0.05, 0) is 63.9 Å². The van der Waals surface area contributed by atoms with Gasteiger partial charge in [-0.3, -0.25) is 4.90 Å². The number of nitrogens with two attached hydrogens (primary N) is 1. The Kier molecular flexibility index (Phi) is 5.48. The van der Waals surface area contributed by atoms with Gasteiger partial charge in [0.05, 0.1) is 0 Å². The molecule has 0 radical (unpaired) electrons. The second kappa shape index (κ2) is 6.93. The molecule has 0 saturated carbocycles. The average Bonchev–Trinajstić information content (AvgIpc) is 2.70. The van der Waals surface area contributed by atoms with E-state index in [1.54, 1.807) is 0 Å². The van der Waals surface area contributed by atoms with E-state index < -0.39 is 0 Å². The molecule has 0 amide bonds. The number of hydrogen-bond donors (Lipinski definition) is 1. The molecule has 3 heteroatoms. The first kappa shape index (κ1) is 15.8. The fourth-order valence-corrected chi connectivity index (χ4v) is 3.13. The third-order valence-electron chi connectivity index (χ3n) is 4.70. The van der Waals surface area contributed by atoms with Crippen LogP contribution in [0.4, 0.5) is 0 Å². The lowest BCUT2D eigenvalue weighted by Crippen LogP contribution is -2.57. The molecule has 1 heterocycles. The Morgan fingerprint density at radius 1 is 1.10 bits per heavy atom. The molecule has 1 aromatic carbocycles. The minimum Gasteiger partial charge on any atom is -0.326 e. The van der Waals surface area contributed by atoms with Gasteiger partial charge in [-0.2, -0.15) is 0 Å². The van der Waals surface area contributed by atoms with Gasteiger partial charge in [0, 0.05) is 16.6 Å². The molecule has 2 nitrogen and oxygen atoms in total. The van der Waals surface area contributed by atoms with Gasteiger partial charge in [-0.25, -0.2) is 0 Å². The summed E-state index contributed by atoms with van der Waals surface area (Å²) in [4.78, 5) is 2.58. The number of rotatable bonds is 4. The van der Waals surface area contributed by atoms with E-state index in [4.69, 9.17) is 17.3 Å². The van der Waals surface area contributed by atoms with Crippen molar-refractivity contribution < 1.29 is 0 Å². The SMILES string of the molecule is CC(C)(C(N)Cc1ccc(Cl)cc1)N1CCCCCC1. The Morgan fingerprint density at radius 2 is 1.65 bits per heavy atom. The molecule has 0 aliphatic carbocycles. The highest BCUT2D eigenvalue weighted by atomic mass is 35.5. The number of likely N-dealkylation sites (tertiary alicyclic amines) is 1. The van der Waals surface area contributed by atoms with Crippen molar-refractivity contribution in [2.45, 2.75) is 57.5 Å². The number of hydrogen-bond acceptors (Lipinski definition) is 2. The molecule has 1 aliphatic rings. The summed E-state index contributed by atoms with van der Waals surface area (Å²) in [7, 11) is 0. The van der Waals surface area contributed by atoms with Gasteiger partial charge in [0.15, 0.2) is 0 Å². The largest absolute Gasteiger partial charge is 0.326 e. The van der Waals surface area contributed by atoms with E-state index in [0.717, 1.165) is 11.4 Å². The third kappa shape index (κ3) is 3.97. The Balaban J connectivity index is 2.01. The third-order valence-corrected chi connectivity index (χ3v) is 4.95. The maximum Gasteiger partial charge on any atom is 0.0406 e.